The number of aryl methyl sites for hydroxylation is 2. The number of nitrogens with one attached hydrogen (secondary N) is 1. The van der Waals surface area contributed by atoms with Gasteiger partial charge in [-0.2, -0.15) is 0 Å². The van der Waals surface area contributed by atoms with E-state index in [9.17, 15) is 13.5 Å². The van der Waals surface area contributed by atoms with Gasteiger partial charge in [0.05, 0.1) is 6.61 Å². The Bertz CT molecular complexity index is 586. The number of hydrogen-bond acceptors (Lipinski definition) is 5. The Morgan fingerprint density at radius 3 is 2.48 bits per heavy atom. The highest BCUT2D eigenvalue weighted by Gasteiger charge is 2.27. The Balaban J connectivity index is 2.09. The summed E-state index contributed by atoms with van der Waals surface area (Å²) in [5, 5.41) is 9.36. The van der Waals surface area contributed by atoms with E-state index >= 15 is 0 Å². The number of hydrogen-bond donors (Lipinski definition) is 2. The summed E-state index contributed by atoms with van der Waals surface area (Å²) in [5.74, 6) is 1.14. The molecule has 1 fully saturated rings. The predicted molar refractivity (Wildman–Crippen MR) is 79.5 cm³/mol. The van der Waals surface area contributed by atoms with E-state index in [4.69, 9.17) is 4.42 Å². The van der Waals surface area contributed by atoms with Crippen molar-refractivity contribution in [1.29, 1.82) is 0 Å². The zero-order chi connectivity index (χ0) is 15.6. The molecule has 0 atom stereocenters. The monoisotopic (exact) mass is 316 g/mol. The normalized spacial score (nSPS) is 18.3. The van der Waals surface area contributed by atoms with E-state index < -0.39 is 10.0 Å². The van der Waals surface area contributed by atoms with Crippen LogP contribution < -0.4 is 4.72 Å². The molecule has 2 N–H and O–H groups in total. The van der Waals surface area contributed by atoms with Crippen LogP contribution in [0.25, 0.3) is 0 Å². The summed E-state index contributed by atoms with van der Waals surface area (Å²) in [6, 6.07) is 0. The van der Waals surface area contributed by atoms with Crippen molar-refractivity contribution in [2.24, 2.45) is 5.92 Å². The quantitative estimate of drug-likeness (QED) is 0.847. The van der Waals surface area contributed by atoms with Crippen molar-refractivity contribution in [3.05, 3.63) is 17.1 Å². The van der Waals surface area contributed by atoms with E-state index in [0.717, 1.165) is 25.9 Å². The number of likely N-dealkylation sites (tertiary alicyclic amines) is 1. The number of sulfonamides is 1. The van der Waals surface area contributed by atoms with Crippen LogP contribution in [0.15, 0.2) is 9.31 Å². The summed E-state index contributed by atoms with van der Waals surface area (Å²) < 4.78 is 32.9. The van der Waals surface area contributed by atoms with Crippen LogP contribution in [0.1, 0.15) is 29.9 Å². The van der Waals surface area contributed by atoms with Gasteiger partial charge in [0.25, 0.3) is 0 Å². The Kier molecular flexibility index (Phi) is 5.08. The van der Waals surface area contributed by atoms with Gasteiger partial charge >= 0.3 is 0 Å². The molecule has 0 saturated carbocycles. The van der Waals surface area contributed by atoms with Crippen LogP contribution in [0.5, 0.6) is 0 Å². The minimum Gasteiger partial charge on any atom is -0.465 e. The predicted octanol–water partition coefficient (Wildman–Crippen LogP) is 1.01. The molecule has 2 rings (SSSR count). The van der Waals surface area contributed by atoms with Gasteiger partial charge in [-0.05, 0) is 52.7 Å². The highest BCUT2D eigenvalue weighted by Crippen LogP contribution is 2.26. The molecular weight excluding hydrogens is 292 g/mol. The number of rotatable bonds is 5. The van der Waals surface area contributed by atoms with Crippen LogP contribution >= 0.6 is 0 Å². The molecule has 21 heavy (non-hydrogen) atoms. The highest BCUT2D eigenvalue weighted by atomic mass is 32.2. The summed E-state index contributed by atoms with van der Waals surface area (Å²) in [4.78, 5) is 2.34. The molecule has 0 bridgehead atoms. The van der Waals surface area contributed by atoms with Crippen molar-refractivity contribution >= 4 is 10.0 Å². The summed E-state index contributed by atoms with van der Waals surface area (Å²) in [6.45, 7) is 5.36. The van der Waals surface area contributed by atoms with Gasteiger partial charge < -0.3 is 14.4 Å². The Morgan fingerprint density at radius 1 is 1.29 bits per heavy atom. The topological polar surface area (TPSA) is 82.8 Å². The summed E-state index contributed by atoms with van der Waals surface area (Å²) >= 11 is 0. The minimum atomic E-state index is -3.64. The fourth-order valence-electron chi connectivity index (χ4n) is 2.81. The number of aliphatic hydroxyl groups is 1. The van der Waals surface area contributed by atoms with Gasteiger partial charge in [-0.3, -0.25) is 0 Å². The van der Waals surface area contributed by atoms with Gasteiger partial charge in [-0.25, -0.2) is 13.1 Å². The van der Waals surface area contributed by atoms with Crippen molar-refractivity contribution in [3.63, 3.8) is 0 Å². The molecule has 0 radical (unpaired) electrons. The van der Waals surface area contributed by atoms with Crippen molar-refractivity contribution in [3.8, 4) is 0 Å². The fourth-order valence-corrected chi connectivity index (χ4v) is 4.36. The molecule has 120 valence electrons. The molecule has 1 aromatic heterocycles. The van der Waals surface area contributed by atoms with Crippen LogP contribution in [-0.4, -0.2) is 45.1 Å². The van der Waals surface area contributed by atoms with Crippen molar-refractivity contribution in [2.45, 2.75) is 38.2 Å². The largest absolute Gasteiger partial charge is 0.465 e. The maximum atomic E-state index is 12.5. The molecule has 0 amide bonds. The van der Waals surface area contributed by atoms with Gasteiger partial charge in [-0.15, -0.1) is 0 Å². The third kappa shape index (κ3) is 3.66. The first kappa shape index (κ1) is 16.5. The van der Waals surface area contributed by atoms with E-state index in [1.807, 2.05) is 0 Å². The van der Waals surface area contributed by atoms with Crippen LogP contribution in [0, 0.1) is 19.8 Å². The molecule has 0 spiro atoms. The smallest absolute Gasteiger partial charge is 0.244 e. The summed E-state index contributed by atoms with van der Waals surface area (Å²) in [6.07, 6.45) is 1.99. The highest BCUT2D eigenvalue weighted by molar-refractivity contribution is 7.89. The second-order valence-electron chi connectivity index (χ2n) is 5.78. The maximum absolute atomic E-state index is 12.5. The number of nitrogens with zero attached hydrogens (tertiary/aromatic N) is 1. The Hall–Kier alpha value is -0.890. The second kappa shape index (κ2) is 6.48. The van der Waals surface area contributed by atoms with Crippen molar-refractivity contribution in [2.75, 3.05) is 26.7 Å². The molecule has 1 saturated heterocycles. The molecule has 6 nitrogen and oxygen atoms in total. The zero-order valence-corrected chi connectivity index (χ0v) is 13.7. The molecular formula is C14H24N2O4S. The third-order valence-corrected chi connectivity index (χ3v) is 5.77. The van der Waals surface area contributed by atoms with Crippen LogP contribution in [0.2, 0.25) is 0 Å². The van der Waals surface area contributed by atoms with E-state index in [1.165, 1.54) is 0 Å². The lowest BCUT2D eigenvalue weighted by molar-refractivity contribution is 0.220. The van der Waals surface area contributed by atoms with E-state index in [0.29, 0.717) is 29.5 Å². The number of piperidine rings is 1. The van der Waals surface area contributed by atoms with Gasteiger partial charge in [0.1, 0.15) is 16.4 Å². The van der Waals surface area contributed by atoms with E-state index in [2.05, 4.69) is 16.7 Å². The van der Waals surface area contributed by atoms with Crippen LogP contribution in [0.4, 0.5) is 0 Å². The number of aliphatic hydroxyl groups excluding tert-OH is 1. The first-order chi connectivity index (χ1) is 9.85. The molecule has 2 heterocycles. The average molecular weight is 316 g/mol. The molecule has 0 aromatic carbocycles. The summed E-state index contributed by atoms with van der Waals surface area (Å²) in [7, 11) is -1.57. The van der Waals surface area contributed by atoms with Crippen LogP contribution in [-0.2, 0) is 16.6 Å². The van der Waals surface area contributed by atoms with Gasteiger partial charge in [0, 0.05) is 12.1 Å². The molecule has 1 aliphatic rings. The van der Waals surface area contributed by atoms with Gasteiger partial charge in [0.2, 0.25) is 10.0 Å². The lowest BCUT2D eigenvalue weighted by Crippen LogP contribution is -2.37. The lowest BCUT2D eigenvalue weighted by Gasteiger charge is -2.28. The number of furan rings is 1. The van der Waals surface area contributed by atoms with Crippen molar-refractivity contribution in [1.82, 2.24) is 9.62 Å². The molecule has 0 aliphatic carbocycles. The summed E-state index contributed by atoms with van der Waals surface area (Å²) in [5.41, 5.74) is 0.350. The molecule has 1 aliphatic heterocycles. The van der Waals surface area contributed by atoms with E-state index in [1.54, 1.807) is 13.8 Å². The average Bonchev–Trinajstić information content (AvgIpc) is 2.73. The van der Waals surface area contributed by atoms with E-state index in [-0.39, 0.29) is 11.5 Å². The SMILES string of the molecule is Cc1oc(C)c(S(=O)(=O)NCC2CCN(C)CC2)c1CO. The first-order valence-corrected chi connectivity index (χ1v) is 8.71. The van der Waals surface area contributed by atoms with Crippen LogP contribution in [0.3, 0.4) is 0 Å². The third-order valence-electron chi connectivity index (χ3n) is 4.15. The van der Waals surface area contributed by atoms with Gasteiger partial charge in [0.15, 0.2) is 0 Å². The standard InChI is InChI=1S/C14H24N2O4S/c1-10-13(9-17)14(11(2)20-10)21(18,19)15-8-12-4-6-16(3)7-5-12/h12,15,17H,4-9H2,1-3H3. The van der Waals surface area contributed by atoms with Gasteiger partial charge in [-0.1, -0.05) is 0 Å². The zero-order valence-electron chi connectivity index (χ0n) is 12.8. The first-order valence-electron chi connectivity index (χ1n) is 7.23. The Labute approximate surface area is 126 Å². The lowest BCUT2D eigenvalue weighted by atomic mass is 9.98. The maximum Gasteiger partial charge on any atom is 0.244 e. The Morgan fingerprint density at radius 2 is 1.90 bits per heavy atom. The second-order valence-corrected chi connectivity index (χ2v) is 7.48. The fraction of sp³-hybridized carbons (Fsp3) is 0.714. The van der Waals surface area contributed by atoms with Crippen molar-refractivity contribution < 1.29 is 17.9 Å². The molecule has 7 heteroatoms. The molecule has 1 aromatic rings. The molecule has 0 unspecified atom stereocenters. The minimum absolute atomic E-state index is 0.0930.